The summed E-state index contributed by atoms with van der Waals surface area (Å²) in [5.41, 5.74) is 1.15. The Balaban J connectivity index is 1.53. The molecule has 8 nitrogen and oxygen atoms in total. The summed E-state index contributed by atoms with van der Waals surface area (Å²) in [6.07, 6.45) is -0.0246. The first-order valence-electron chi connectivity index (χ1n) is 12.6. The van der Waals surface area contributed by atoms with Gasteiger partial charge in [0.15, 0.2) is 0 Å². The van der Waals surface area contributed by atoms with Gasteiger partial charge in [0.2, 0.25) is 11.8 Å². The van der Waals surface area contributed by atoms with E-state index in [0.717, 1.165) is 16.7 Å². The lowest BCUT2D eigenvalue weighted by atomic mass is 9.97. The van der Waals surface area contributed by atoms with Crippen LogP contribution in [0.5, 0.6) is 0 Å². The van der Waals surface area contributed by atoms with Crippen LogP contribution in [-0.4, -0.2) is 44.1 Å². The van der Waals surface area contributed by atoms with Gasteiger partial charge in [-0.2, -0.15) is 0 Å². The molecule has 0 fully saturated rings. The standard InChI is InChI=1S/C29H28ClN3O5S2/c1-3-33(4-2)29(36)24(17-19-9-12-22(13-10-19)31-28(35)25-15-16-26(30)39-25)27(34)32-40(37,38)23-14-11-20-7-5-6-8-21(20)18-23/h5-16,18,24H,3-4,17H2,1-2H3,(H,31,35)(H,32,34). The van der Waals surface area contributed by atoms with E-state index < -0.39 is 27.8 Å². The highest BCUT2D eigenvalue weighted by molar-refractivity contribution is 7.90. The lowest BCUT2D eigenvalue weighted by Crippen LogP contribution is -2.46. The number of rotatable bonds is 10. The molecule has 1 heterocycles. The number of fused-ring (bicyclic) bond motifs is 1. The third-order valence-corrected chi connectivity index (χ3v) is 8.98. The maximum absolute atomic E-state index is 13.3. The molecule has 0 bridgehead atoms. The van der Waals surface area contributed by atoms with Gasteiger partial charge in [-0.05, 0) is 73.0 Å². The number of amides is 3. The summed E-state index contributed by atoms with van der Waals surface area (Å²) < 4.78 is 28.9. The van der Waals surface area contributed by atoms with Gasteiger partial charge >= 0.3 is 0 Å². The Bertz CT molecular complexity index is 1650. The molecule has 0 saturated heterocycles. The zero-order chi connectivity index (χ0) is 28.9. The molecule has 208 valence electrons. The van der Waals surface area contributed by atoms with Gasteiger partial charge in [-0.15, -0.1) is 11.3 Å². The molecule has 1 atom stereocenters. The molecule has 1 unspecified atom stereocenters. The summed E-state index contributed by atoms with van der Waals surface area (Å²) in [7, 11) is -4.23. The van der Waals surface area contributed by atoms with Crippen molar-refractivity contribution in [2.24, 2.45) is 5.92 Å². The molecule has 4 aromatic rings. The number of hydrogen-bond donors (Lipinski definition) is 2. The molecular weight excluding hydrogens is 570 g/mol. The van der Waals surface area contributed by atoms with Crippen molar-refractivity contribution in [2.75, 3.05) is 18.4 Å². The maximum Gasteiger partial charge on any atom is 0.265 e. The fourth-order valence-electron chi connectivity index (χ4n) is 4.23. The maximum atomic E-state index is 13.3. The van der Waals surface area contributed by atoms with Crippen LogP contribution in [0, 0.1) is 5.92 Å². The van der Waals surface area contributed by atoms with Crippen LogP contribution in [0.3, 0.4) is 0 Å². The fourth-order valence-corrected chi connectivity index (χ4v) is 6.23. The van der Waals surface area contributed by atoms with Crippen LogP contribution in [-0.2, 0) is 26.0 Å². The van der Waals surface area contributed by atoms with Crippen LogP contribution in [0.15, 0.2) is 83.8 Å². The Morgan fingerprint density at radius 2 is 1.57 bits per heavy atom. The molecule has 3 amide bonds. The zero-order valence-electron chi connectivity index (χ0n) is 21.9. The first-order valence-corrected chi connectivity index (χ1v) is 15.3. The summed E-state index contributed by atoms with van der Waals surface area (Å²) in [6.45, 7) is 4.32. The van der Waals surface area contributed by atoms with Gasteiger partial charge in [0.05, 0.1) is 14.1 Å². The Morgan fingerprint density at radius 3 is 2.20 bits per heavy atom. The highest BCUT2D eigenvalue weighted by atomic mass is 35.5. The molecule has 4 rings (SSSR count). The van der Waals surface area contributed by atoms with Gasteiger partial charge in [-0.25, -0.2) is 13.1 Å². The van der Waals surface area contributed by atoms with Crippen molar-refractivity contribution < 1.29 is 22.8 Å². The molecular formula is C29H28ClN3O5S2. The molecule has 0 radical (unpaired) electrons. The number of carbonyl (C=O) groups is 3. The summed E-state index contributed by atoms with van der Waals surface area (Å²) >= 11 is 7.07. The largest absolute Gasteiger partial charge is 0.343 e. The van der Waals surface area contributed by atoms with Crippen molar-refractivity contribution in [3.63, 3.8) is 0 Å². The average molecular weight is 598 g/mol. The lowest BCUT2D eigenvalue weighted by Gasteiger charge is -2.24. The average Bonchev–Trinajstić information content (AvgIpc) is 3.39. The Morgan fingerprint density at radius 1 is 0.900 bits per heavy atom. The molecule has 2 N–H and O–H groups in total. The highest BCUT2D eigenvalue weighted by Crippen LogP contribution is 2.24. The number of nitrogens with one attached hydrogen (secondary N) is 2. The zero-order valence-corrected chi connectivity index (χ0v) is 24.3. The summed E-state index contributed by atoms with van der Waals surface area (Å²) in [5, 5.41) is 4.35. The number of benzene rings is 3. The van der Waals surface area contributed by atoms with Crippen LogP contribution in [0.1, 0.15) is 29.1 Å². The van der Waals surface area contributed by atoms with Crippen molar-refractivity contribution in [3.05, 3.63) is 93.6 Å². The van der Waals surface area contributed by atoms with E-state index in [2.05, 4.69) is 10.0 Å². The van der Waals surface area contributed by atoms with Gasteiger partial charge < -0.3 is 10.2 Å². The SMILES string of the molecule is CCN(CC)C(=O)C(Cc1ccc(NC(=O)c2ccc(Cl)s2)cc1)C(=O)NS(=O)(=O)c1ccc2ccccc2c1. The first kappa shape index (κ1) is 29.3. The van der Waals surface area contributed by atoms with Crippen molar-refractivity contribution in [1.82, 2.24) is 9.62 Å². The molecule has 11 heteroatoms. The van der Waals surface area contributed by atoms with E-state index in [4.69, 9.17) is 11.6 Å². The van der Waals surface area contributed by atoms with E-state index in [1.807, 2.05) is 12.1 Å². The van der Waals surface area contributed by atoms with Crippen molar-refractivity contribution in [3.8, 4) is 0 Å². The van der Waals surface area contributed by atoms with E-state index in [1.165, 1.54) is 17.0 Å². The van der Waals surface area contributed by atoms with Crippen molar-refractivity contribution in [2.45, 2.75) is 25.2 Å². The highest BCUT2D eigenvalue weighted by Gasteiger charge is 2.33. The van der Waals surface area contributed by atoms with E-state index in [-0.39, 0.29) is 17.2 Å². The molecule has 40 heavy (non-hydrogen) atoms. The van der Waals surface area contributed by atoms with Gasteiger partial charge in [-0.1, -0.05) is 54.1 Å². The van der Waals surface area contributed by atoms with Crippen LogP contribution >= 0.6 is 22.9 Å². The first-order chi connectivity index (χ1) is 19.1. The minimum atomic E-state index is -4.23. The van der Waals surface area contributed by atoms with Crippen molar-refractivity contribution >= 4 is 67.1 Å². The second-order valence-corrected chi connectivity index (χ2v) is 12.4. The number of halogens is 1. The summed E-state index contributed by atoms with van der Waals surface area (Å²) in [4.78, 5) is 41.0. The minimum absolute atomic E-state index is 0.0246. The number of anilines is 1. The fraction of sp³-hybridized carbons (Fsp3) is 0.207. The quantitative estimate of drug-likeness (QED) is 0.240. The minimum Gasteiger partial charge on any atom is -0.343 e. The van der Waals surface area contributed by atoms with Crippen LogP contribution in [0.25, 0.3) is 10.8 Å². The Labute approximate surface area is 242 Å². The summed E-state index contributed by atoms with van der Waals surface area (Å²) in [6, 6.07) is 21.8. The van der Waals surface area contributed by atoms with E-state index in [0.29, 0.717) is 38.9 Å². The molecule has 0 aliphatic rings. The van der Waals surface area contributed by atoms with Gasteiger partial charge in [-0.3, -0.25) is 14.4 Å². The van der Waals surface area contributed by atoms with Crippen LogP contribution < -0.4 is 10.0 Å². The number of hydrogen-bond acceptors (Lipinski definition) is 6. The van der Waals surface area contributed by atoms with E-state index >= 15 is 0 Å². The smallest absolute Gasteiger partial charge is 0.265 e. The third-order valence-electron chi connectivity index (χ3n) is 6.40. The predicted octanol–water partition coefficient (Wildman–Crippen LogP) is 5.34. The van der Waals surface area contributed by atoms with Gasteiger partial charge in [0.25, 0.3) is 15.9 Å². The molecule has 0 aliphatic heterocycles. The normalized spacial score (nSPS) is 12.1. The third kappa shape index (κ3) is 6.88. The van der Waals surface area contributed by atoms with Crippen LogP contribution in [0.4, 0.5) is 5.69 Å². The van der Waals surface area contributed by atoms with E-state index in [1.54, 1.807) is 68.4 Å². The van der Waals surface area contributed by atoms with Crippen molar-refractivity contribution in [1.29, 1.82) is 0 Å². The predicted molar refractivity (Wildman–Crippen MR) is 158 cm³/mol. The molecule has 0 spiro atoms. The van der Waals surface area contributed by atoms with Crippen LogP contribution in [0.2, 0.25) is 4.34 Å². The Kier molecular flexibility index (Phi) is 9.24. The number of carbonyl (C=O) groups excluding carboxylic acids is 3. The number of nitrogens with zero attached hydrogens (tertiary/aromatic N) is 1. The van der Waals surface area contributed by atoms with Gasteiger partial charge in [0.1, 0.15) is 5.92 Å². The molecule has 0 saturated carbocycles. The monoisotopic (exact) mass is 597 g/mol. The molecule has 0 aliphatic carbocycles. The summed E-state index contributed by atoms with van der Waals surface area (Å²) in [5.74, 6) is -2.96. The topological polar surface area (TPSA) is 113 Å². The number of sulfonamides is 1. The second-order valence-electron chi connectivity index (χ2n) is 9.00. The molecule has 1 aromatic heterocycles. The van der Waals surface area contributed by atoms with E-state index in [9.17, 15) is 22.8 Å². The lowest BCUT2D eigenvalue weighted by molar-refractivity contribution is -0.141. The van der Waals surface area contributed by atoms with Gasteiger partial charge in [0, 0.05) is 18.8 Å². The Hall–Kier alpha value is -3.73. The second kappa shape index (κ2) is 12.6. The number of thiophene rings is 1. The molecule has 3 aromatic carbocycles.